The van der Waals surface area contributed by atoms with Gasteiger partial charge in [-0.25, -0.2) is 15.0 Å². The average Bonchev–Trinajstić information content (AvgIpc) is 3.81. The van der Waals surface area contributed by atoms with E-state index in [-0.39, 0.29) is 51.0 Å². The summed E-state index contributed by atoms with van der Waals surface area (Å²) in [5, 5.41) is 4.17. The highest BCUT2D eigenvalue weighted by molar-refractivity contribution is 7.26. The number of rotatable bonds is 4. The van der Waals surface area contributed by atoms with Crippen LogP contribution in [0.15, 0.2) is 156 Å². The van der Waals surface area contributed by atoms with Gasteiger partial charge in [0.1, 0.15) is 11.2 Å². The van der Waals surface area contributed by atoms with Crippen molar-refractivity contribution >= 4 is 64.2 Å². The van der Waals surface area contributed by atoms with Crippen LogP contribution in [0.5, 0.6) is 0 Å². The van der Waals surface area contributed by atoms with Gasteiger partial charge in [0.25, 0.3) is 0 Å². The van der Waals surface area contributed by atoms with Gasteiger partial charge in [-0.05, 0) is 52.9 Å². The molecule has 0 aliphatic carbocycles. The van der Waals surface area contributed by atoms with E-state index in [1.807, 2.05) is 103 Å². The fourth-order valence-electron chi connectivity index (χ4n) is 6.41. The maximum atomic E-state index is 9.21. The fourth-order valence-corrected chi connectivity index (χ4v) is 7.48. The van der Waals surface area contributed by atoms with E-state index in [1.54, 1.807) is 0 Å². The van der Waals surface area contributed by atoms with E-state index in [0.717, 1.165) is 49.6 Å². The molecule has 0 radical (unpaired) electrons. The molecule has 0 bridgehead atoms. The van der Waals surface area contributed by atoms with Crippen molar-refractivity contribution in [2.24, 2.45) is 0 Å². The first-order chi connectivity index (χ1) is 26.7. The number of benzene rings is 7. The van der Waals surface area contributed by atoms with Gasteiger partial charge in [-0.3, -0.25) is 0 Å². The summed E-state index contributed by atoms with van der Waals surface area (Å²) in [5.74, 6) is 0.706. The second kappa shape index (κ2) is 10.7. The Hall–Kier alpha value is -6.17. The largest absolute Gasteiger partial charge is 0.455 e. The number of aromatic nitrogens is 3. The second-order valence-corrected chi connectivity index (χ2v) is 12.5. The zero-order chi connectivity index (χ0) is 37.7. The van der Waals surface area contributed by atoms with Crippen LogP contribution in [-0.2, 0) is 0 Å². The third-order valence-corrected chi connectivity index (χ3v) is 9.79. The molecule has 0 aliphatic rings. The van der Waals surface area contributed by atoms with Crippen molar-refractivity contribution in [1.29, 1.82) is 0 Å². The molecule has 0 fully saturated rings. The molecule has 0 atom stereocenters. The van der Waals surface area contributed by atoms with Gasteiger partial charge in [-0.1, -0.05) is 115 Å². The lowest BCUT2D eigenvalue weighted by molar-refractivity contribution is 0.672. The van der Waals surface area contributed by atoms with Crippen LogP contribution in [0.3, 0.4) is 0 Å². The summed E-state index contributed by atoms with van der Waals surface area (Å²) >= 11 is 1.05. The van der Waals surface area contributed by atoms with E-state index >= 15 is 0 Å². The van der Waals surface area contributed by atoms with Crippen molar-refractivity contribution in [3.8, 4) is 45.3 Å². The highest BCUT2D eigenvalue weighted by atomic mass is 32.1. The van der Waals surface area contributed by atoms with Crippen LogP contribution in [0.25, 0.3) is 98.2 Å². The third-order valence-electron chi connectivity index (χ3n) is 8.67. The summed E-state index contributed by atoms with van der Waals surface area (Å²) in [7, 11) is 0. The molecule has 3 heterocycles. The lowest BCUT2D eigenvalue weighted by Gasteiger charge is -2.12. The minimum absolute atomic E-state index is 0.0799. The van der Waals surface area contributed by atoms with Crippen molar-refractivity contribution in [3.05, 3.63) is 151 Å². The minimum atomic E-state index is -0.433. The predicted octanol–water partition coefficient (Wildman–Crippen LogP) is 12.0. The van der Waals surface area contributed by atoms with Crippen molar-refractivity contribution < 1.29 is 14.0 Å². The number of nitrogens with zero attached hydrogens (tertiary/aromatic N) is 3. The van der Waals surface area contributed by atoms with Crippen LogP contribution in [0.1, 0.15) is 9.60 Å². The van der Waals surface area contributed by atoms with Crippen LogP contribution in [-0.4, -0.2) is 15.0 Å². The molecular formula is C43H25N3OS. The molecular weight excluding hydrogens is 607 g/mol. The first-order valence-electron chi connectivity index (χ1n) is 18.9. The fraction of sp³-hybridized carbons (Fsp3) is 0. The number of hydrogen-bond donors (Lipinski definition) is 0. The van der Waals surface area contributed by atoms with Gasteiger partial charge in [-0.2, -0.15) is 0 Å². The standard InChI is InChI=1S/C43H25N3OS/c1-2-11-26(12-3-1)29-14-6-7-17-34(29)42-44-41(45-43(46-42)35-19-10-18-33-31-16-8-9-20-38(31)48-40(33)35)28-22-24-37-36(25-28)32-23-21-27-13-4-5-15-30(27)39(32)47-37/h1-25H/i8D,9D,10D,16D,18D,19D,20D. The van der Waals surface area contributed by atoms with Gasteiger partial charge in [0, 0.05) is 53.0 Å². The van der Waals surface area contributed by atoms with Crippen LogP contribution >= 0.6 is 11.3 Å². The van der Waals surface area contributed by atoms with Crippen molar-refractivity contribution in [3.63, 3.8) is 0 Å². The van der Waals surface area contributed by atoms with Gasteiger partial charge < -0.3 is 4.42 Å². The van der Waals surface area contributed by atoms with Crippen molar-refractivity contribution in [2.45, 2.75) is 0 Å². The Kier molecular flexibility index (Phi) is 4.65. The number of furan rings is 1. The van der Waals surface area contributed by atoms with E-state index in [1.165, 1.54) is 0 Å². The normalized spacial score (nSPS) is 13.8. The Balaban J connectivity index is 1.29. The van der Waals surface area contributed by atoms with E-state index in [9.17, 15) is 1.37 Å². The quantitative estimate of drug-likeness (QED) is 0.192. The summed E-state index contributed by atoms with van der Waals surface area (Å²) in [5.41, 5.74) is 4.82. The lowest BCUT2D eigenvalue weighted by atomic mass is 9.99. The molecule has 0 unspecified atom stereocenters. The summed E-state index contributed by atoms with van der Waals surface area (Å²) in [6.45, 7) is 0. The smallest absolute Gasteiger partial charge is 0.165 e. The Morgan fingerprint density at radius 3 is 2.17 bits per heavy atom. The highest BCUT2D eigenvalue weighted by Gasteiger charge is 2.19. The molecule has 0 saturated heterocycles. The van der Waals surface area contributed by atoms with Crippen LogP contribution in [0.2, 0.25) is 0 Å². The SMILES string of the molecule is [2H]c1c([2H])c([2H])c2c(sc3c(-c4nc(-c5ccc6oc7c8ccccc8ccc7c6c5)nc(-c5ccccc5-c5ccccc5)n4)c([2H])c([2H])c([2H])c32)c1[2H]. The highest BCUT2D eigenvalue weighted by Crippen LogP contribution is 2.41. The molecule has 224 valence electrons. The first-order valence-corrected chi connectivity index (χ1v) is 16.2. The van der Waals surface area contributed by atoms with Crippen LogP contribution < -0.4 is 0 Å². The third kappa shape index (κ3) is 4.25. The molecule has 10 rings (SSSR count). The zero-order valence-electron chi connectivity index (χ0n) is 32.1. The number of thiophene rings is 1. The zero-order valence-corrected chi connectivity index (χ0v) is 25.9. The maximum Gasteiger partial charge on any atom is 0.165 e. The molecule has 3 aromatic heterocycles. The lowest BCUT2D eigenvalue weighted by Crippen LogP contribution is -2.01. The van der Waals surface area contributed by atoms with Crippen LogP contribution in [0, 0.1) is 0 Å². The van der Waals surface area contributed by atoms with E-state index < -0.39 is 18.1 Å². The Morgan fingerprint density at radius 1 is 0.500 bits per heavy atom. The number of hydrogen-bond acceptors (Lipinski definition) is 5. The topological polar surface area (TPSA) is 51.8 Å². The molecule has 0 N–H and O–H groups in total. The summed E-state index contributed by atoms with van der Waals surface area (Å²) in [4.78, 5) is 15.0. The molecule has 7 aromatic carbocycles. The summed E-state index contributed by atoms with van der Waals surface area (Å²) < 4.78 is 68.1. The monoisotopic (exact) mass is 638 g/mol. The summed E-state index contributed by atoms with van der Waals surface area (Å²) in [6, 6.07) is 33.2. The molecule has 48 heavy (non-hydrogen) atoms. The summed E-state index contributed by atoms with van der Waals surface area (Å²) in [6.07, 6.45) is 0. The van der Waals surface area contributed by atoms with Crippen LogP contribution in [0.4, 0.5) is 0 Å². The minimum Gasteiger partial charge on any atom is -0.455 e. The van der Waals surface area contributed by atoms with E-state index in [2.05, 4.69) is 6.07 Å². The molecule has 0 aliphatic heterocycles. The van der Waals surface area contributed by atoms with Crippen molar-refractivity contribution in [1.82, 2.24) is 15.0 Å². The maximum absolute atomic E-state index is 9.21. The second-order valence-electron chi connectivity index (χ2n) is 11.5. The first kappa shape index (κ1) is 20.9. The van der Waals surface area contributed by atoms with Gasteiger partial charge in [0.05, 0.1) is 9.60 Å². The molecule has 0 saturated carbocycles. The Morgan fingerprint density at radius 2 is 1.25 bits per heavy atom. The van der Waals surface area contributed by atoms with E-state index in [0.29, 0.717) is 33.1 Å². The molecule has 0 amide bonds. The number of fused-ring (bicyclic) bond motifs is 8. The van der Waals surface area contributed by atoms with Gasteiger partial charge in [-0.15, -0.1) is 11.3 Å². The van der Waals surface area contributed by atoms with Crippen molar-refractivity contribution in [2.75, 3.05) is 0 Å². The van der Waals surface area contributed by atoms with E-state index in [4.69, 9.17) is 27.6 Å². The van der Waals surface area contributed by atoms with Gasteiger partial charge >= 0.3 is 0 Å². The van der Waals surface area contributed by atoms with Gasteiger partial charge in [0.15, 0.2) is 17.5 Å². The molecule has 5 heteroatoms. The Bertz CT molecular complexity index is 3250. The predicted molar refractivity (Wildman–Crippen MR) is 199 cm³/mol. The molecule has 10 aromatic rings. The molecule has 0 spiro atoms. The Labute approximate surface area is 289 Å². The molecule has 4 nitrogen and oxygen atoms in total. The average molecular weight is 639 g/mol. The van der Waals surface area contributed by atoms with Gasteiger partial charge in [0.2, 0.25) is 0 Å².